The third-order valence-electron chi connectivity index (χ3n) is 2.62. The fraction of sp³-hybridized carbons (Fsp3) is 0.333. The first-order valence-corrected chi connectivity index (χ1v) is 5.10. The van der Waals surface area contributed by atoms with Crippen LogP contribution in [0.15, 0.2) is 6.07 Å². The molecule has 1 aromatic rings. The van der Waals surface area contributed by atoms with Crippen LogP contribution in [0.25, 0.3) is 0 Å². The maximum absolute atomic E-state index is 11.5. The van der Waals surface area contributed by atoms with E-state index in [0.29, 0.717) is 28.2 Å². The minimum Gasteiger partial charge on any atom is -0.496 e. The maximum Gasteiger partial charge on any atom is 0.339 e. The second-order valence-electron chi connectivity index (χ2n) is 3.73. The van der Waals surface area contributed by atoms with Crippen molar-refractivity contribution < 1.29 is 23.8 Å². The van der Waals surface area contributed by atoms with Gasteiger partial charge in [-0.2, -0.15) is 0 Å². The average Bonchev–Trinajstić information content (AvgIpc) is 2.63. The summed E-state index contributed by atoms with van der Waals surface area (Å²) in [5, 5.41) is 0. The Morgan fingerprint density at radius 1 is 1.47 bits per heavy atom. The first-order valence-electron chi connectivity index (χ1n) is 5.10. The van der Waals surface area contributed by atoms with Gasteiger partial charge in [0.2, 0.25) is 0 Å². The topological polar surface area (TPSA) is 61.8 Å². The first kappa shape index (κ1) is 11.4. The molecule has 1 aliphatic rings. The van der Waals surface area contributed by atoms with Crippen LogP contribution in [0.1, 0.15) is 28.4 Å². The van der Waals surface area contributed by atoms with E-state index < -0.39 is 11.9 Å². The lowest BCUT2D eigenvalue weighted by Gasteiger charge is -2.12. The summed E-state index contributed by atoms with van der Waals surface area (Å²) in [6.07, 6.45) is 0. The lowest BCUT2D eigenvalue weighted by molar-refractivity contribution is -0.132. The fourth-order valence-electron chi connectivity index (χ4n) is 1.82. The van der Waals surface area contributed by atoms with Gasteiger partial charge >= 0.3 is 11.9 Å². The van der Waals surface area contributed by atoms with Crippen molar-refractivity contribution in [2.75, 3.05) is 7.11 Å². The molecule has 1 aromatic carbocycles. The Labute approximate surface area is 98.3 Å². The Balaban J connectivity index is 2.63. The number of carbonyl (C=O) groups is 2. The van der Waals surface area contributed by atoms with Crippen LogP contribution in [-0.4, -0.2) is 19.0 Å². The molecule has 1 aliphatic heterocycles. The average molecular weight is 236 g/mol. The van der Waals surface area contributed by atoms with Crippen molar-refractivity contribution in [3.8, 4) is 11.5 Å². The highest BCUT2D eigenvalue weighted by Crippen LogP contribution is 2.38. The lowest BCUT2D eigenvalue weighted by Crippen LogP contribution is -2.07. The number of ether oxygens (including phenoxy) is 3. The Morgan fingerprint density at radius 3 is 2.76 bits per heavy atom. The van der Waals surface area contributed by atoms with Crippen molar-refractivity contribution in [1.82, 2.24) is 0 Å². The third kappa shape index (κ3) is 1.84. The molecule has 0 fully saturated rings. The molecule has 2 rings (SSSR count). The van der Waals surface area contributed by atoms with Crippen LogP contribution < -0.4 is 9.47 Å². The summed E-state index contributed by atoms with van der Waals surface area (Å²) in [4.78, 5) is 22.5. The van der Waals surface area contributed by atoms with Gasteiger partial charge in [-0.1, -0.05) is 0 Å². The zero-order valence-electron chi connectivity index (χ0n) is 9.83. The summed E-state index contributed by atoms with van der Waals surface area (Å²) in [6.45, 7) is 3.20. The standard InChI is InChI=1S/C12H12O5/c1-6-10(15-3)4-8-9(5-16-12(8)14)11(6)17-7(2)13/h4H,5H2,1-3H3. The molecule has 0 aromatic heterocycles. The van der Waals surface area contributed by atoms with E-state index in [-0.39, 0.29) is 6.61 Å². The summed E-state index contributed by atoms with van der Waals surface area (Å²) in [7, 11) is 1.49. The zero-order chi connectivity index (χ0) is 12.6. The summed E-state index contributed by atoms with van der Waals surface area (Å²) < 4.78 is 15.2. The molecule has 90 valence electrons. The molecule has 0 atom stereocenters. The zero-order valence-corrected chi connectivity index (χ0v) is 9.83. The summed E-state index contributed by atoms with van der Waals surface area (Å²) in [5.41, 5.74) is 1.67. The first-order chi connectivity index (χ1) is 8.04. The van der Waals surface area contributed by atoms with Crippen LogP contribution in [0.2, 0.25) is 0 Å². The number of benzene rings is 1. The van der Waals surface area contributed by atoms with E-state index >= 15 is 0 Å². The van der Waals surface area contributed by atoms with Crippen LogP contribution in [0.4, 0.5) is 0 Å². The van der Waals surface area contributed by atoms with Gasteiger partial charge in [-0.25, -0.2) is 4.79 Å². The van der Waals surface area contributed by atoms with Crippen LogP contribution in [0.3, 0.4) is 0 Å². The van der Waals surface area contributed by atoms with Gasteiger partial charge in [0.05, 0.1) is 12.7 Å². The highest BCUT2D eigenvalue weighted by molar-refractivity contribution is 5.95. The second-order valence-corrected chi connectivity index (χ2v) is 3.73. The monoisotopic (exact) mass is 236 g/mol. The molecule has 0 spiro atoms. The minimum absolute atomic E-state index is 0.127. The normalized spacial score (nSPS) is 13.0. The number of hydrogen-bond donors (Lipinski definition) is 0. The Bertz CT molecular complexity index is 504. The summed E-state index contributed by atoms with van der Waals surface area (Å²) in [5.74, 6) is -0.00819. The van der Waals surface area contributed by atoms with E-state index in [1.54, 1.807) is 13.0 Å². The molecule has 0 radical (unpaired) electrons. The van der Waals surface area contributed by atoms with E-state index in [0.717, 1.165) is 0 Å². The quantitative estimate of drug-likeness (QED) is 0.576. The smallest absolute Gasteiger partial charge is 0.339 e. The molecule has 0 N–H and O–H groups in total. The highest BCUT2D eigenvalue weighted by atomic mass is 16.6. The van der Waals surface area contributed by atoms with Gasteiger partial charge in [-0.05, 0) is 13.0 Å². The molecule has 0 aliphatic carbocycles. The molecular formula is C12H12O5. The number of rotatable bonds is 2. The van der Waals surface area contributed by atoms with Crippen LogP contribution >= 0.6 is 0 Å². The van der Waals surface area contributed by atoms with Gasteiger partial charge in [0.1, 0.15) is 18.1 Å². The summed E-state index contributed by atoms with van der Waals surface area (Å²) in [6, 6.07) is 1.60. The molecule has 5 nitrogen and oxygen atoms in total. The van der Waals surface area contributed by atoms with Gasteiger partial charge < -0.3 is 14.2 Å². The largest absolute Gasteiger partial charge is 0.496 e. The van der Waals surface area contributed by atoms with Crippen LogP contribution in [0.5, 0.6) is 11.5 Å². The number of hydrogen-bond acceptors (Lipinski definition) is 5. The van der Waals surface area contributed by atoms with Crippen molar-refractivity contribution in [2.24, 2.45) is 0 Å². The van der Waals surface area contributed by atoms with Crippen molar-refractivity contribution in [2.45, 2.75) is 20.5 Å². The van der Waals surface area contributed by atoms with Crippen molar-refractivity contribution in [3.05, 3.63) is 22.8 Å². The molecular weight excluding hydrogens is 224 g/mol. The molecule has 0 bridgehead atoms. The highest BCUT2D eigenvalue weighted by Gasteiger charge is 2.29. The van der Waals surface area contributed by atoms with Crippen molar-refractivity contribution >= 4 is 11.9 Å². The van der Waals surface area contributed by atoms with E-state index in [1.807, 2.05) is 0 Å². The maximum atomic E-state index is 11.5. The molecule has 0 amide bonds. The second kappa shape index (κ2) is 4.08. The van der Waals surface area contributed by atoms with Gasteiger partial charge in [-0.3, -0.25) is 4.79 Å². The number of fused-ring (bicyclic) bond motifs is 1. The molecule has 5 heteroatoms. The molecule has 0 saturated carbocycles. The van der Waals surface area contributed by atoms with Crippen LogP contribution in [0, 0.1) is 6.92 Å². The Morgan fingerprint density at radius 2 is 2.18 bits per heavy atom. The SMILES string of the molecule is COc1cc2c(c(OC(C)=O)c1C)COC2=O. The number of esters is 2. The molecule has 0 unspecified atom stereocenters. The van der Waals surface area contributed by atoms with E-state index in [2.05, 4.69) is 0 Å². The van der Waals surface area contributed by atoms with E-state index in [4.69, 9.17) is 14.2 Å². The van der Waals surface area contributed by atoms with Crippen molar-refractivity contribution in [1.29, 1.82) is 0 Å². The predicted molar refractivity (Wildman–Crippen MR) is 58.2 cm³/mol. The number of methoxy groups -OCH3 is 1. The number of cyclic esters (lactones) is 1. The van der Waals surface area contributed by atoms with Gasteiger partial charge in [0.25, 0.3) is 0 Å². The van der Waals surface area contributed by atoms with E-state index in [9.17, 15) is 9.59 Å². The minimum atomic E-state index is -0.442. The number of carbonyl (C=O) groups excluding carboxylic acids is 2. The molecule has 17 heavy (non-hydrogen) atoms. The molecule has 0 saturated heterocycles. The Hall–Kier alpha value is -2.04. The predicted octanol–water partition coefficient (Wildman–Crippen LogP) is 1.60. The van der Waals surface area contributed by atoms with Gasteiger partial charge in [0.15, 0.2) is 0 Å². The van der Waals surface area contributed by atoms with E-state index in [1.165, 1.54) is 14.0 Å². The van der Waals surface area contributed by atoms with Crippen LogP contribution in [-0.2, 0) is 16.1 Å². The van der Waals surface area contributed by atoms with Gasteiger partial charge in [0, 0.05) is 18.1 Å². The molecule has 1 heterocycles. The third-order valence-corrected chi connectivity index (χ3v) is 2.62. The van der Waals surface area contributed by atoms with Gasteiger partial charge in [-0.15, -0.1) is 0 Å². The lowest BCUT2D eigenvalue weighted by atomic mass is 10.0. The Kier molecular flexibility index (Phi) is 2.75. The fourth-order valence-corrected chi connectivity index (χ4v) is 1.82. The summed E-state index contributed by atoms with van der Waals surface area (Å²) >= 11 is 0. The van der Waals surface area contributed by atoms with Crippen molar-refractivity contribution in [3.63, 3.8) is 0 Å².